The minimum Gasteiger partial charge on any atom is -0.376 e. The smallest absolute Gasteiger partial charge is 0.346 e. The standard InChI is InChI=1S/C14H14OSi/c1-11-5-3-7-13(9-11)16(15)14-8-4-6-12(2)10-14/h3-10H,1-2H3. The molecular formula is C14H14OSi. The van der Waals surface area contributed by atoms with E-state index in [4.69, 9.17) is 0 Å². The van der Waals surface area contributed by atoms with Crippen LogP contribution in [-0.2, 0) is 4.46 Å². The second-order valence-corrected chi connectivity index (χ2v) is 5.88. The number of hydrogen-bond donors (Lipinski definition) is 0. The van der Waals surface area contributed by atoms with E-state index in [1.54, 1.807) is 0 Å². The van der Waals surface area contributed by atoms with Crippen molar-refractivity contribution in [2.45, 2.75) is 13.8 Å². The Morgan fingerprint density at radius 2 is 1.25 bits per heavy atom. The Labute approximate surface area is 97.4 Å². The van der Waals surface area contributed by atoms with Crippen LogP contribution in [0, 0.1) is 13.8 Å². The summed E-state index contributed by atoms with van der Waals surface area (Å²) in [6.07, 6.45) is 0. The Hall–Kier alpha value is -1.54. The molecule has 0 saturated heterocycles. The fraction of sp³-hybridized carbons (Fsp3) is 0.143. The third-order valence-electron chi connectivity index (χ3n) is 2.56. The zero-order valence-corrected chi connectivity index (χ0v) is 10.5. The first kappa shape index (κ1) is 11.0. The maximum Gasteiger partial charge on any atom is 0.346 e. The van der Waals surface area contributed by atoms with E-state index in [9.17, 15) is 4.46 Å². The van der Waals surface area contributed by atoms with Crippen LogP contribution in [0.1, 0.15) is 11.1 Å². The molecule has 0 aromatic heterocycles. The van der Waals surface area contributed by atoms with Gasteiger partial charge in [-0.05, 0) is 13.8 Å². The molecule has 80 valence electrons. The van der Waals surface area contributed by atoms with Crippen LogP contribution in [0.25, 0.3) is 0 Å². The summed E-state index contributed by atoms with van der Waals surface area (Å²) in [5.74, 6) is 0. The van der Waals surface area contributed by atoms with Gasteiger partial charge in [0.1, 0.15) is 0 Å². The molecule has 2 aromatic carbocycles. The van der Waals surface area contributed by atoms with Crippen LogP contribution in [0.4, 0.5) is 0 Å². The van der Waals surface area contributed by atoms with E-state index in [1.165, 1.54) is 0 Å². The van der Waals surface area contributed by atoms with Gasteiger partial charge in [-0.2, -0.15) is 0 Å². The van der Waals surface area contributed by atoms with E-state index in [-0.39, 0.29) is 0 Å². The van der Waals surface area contributed by atoms with Gasteiger partial charge in [0.25, 0.3) is 0 Å². The molecule has 1 nitrogen and oxygen atoms in total. The molecule has 0 aliphatic heterocycles. The summed E-state index contributed by atoms with van der Waals surface area (Å²) in [4.78, 5) is 0. The van der Waals surface area contributed by atoms with Gasteiger partial charge in [-0.15, -0.1) is 0 Å². The lowest BCUT2D eigenvalue weighted by Crippen LogP contribution is -2.33. The highest BCUT2D eigenvalue weighted by Crippen LogP contribution is 1.96. The van der Waals surface area contributed by atoms with Crippen molar-refractivity contribution in [3.63, 3.8) is 0 Å². The van der Waals surface area contributed by atoms with Gasteiger partial charge in [-0.3, -0.25) is 0 Å². The monoisotopic (exact) mass is 226 g/mol. The molecule has 0 unspecified atom stereocenters. The highest BCUT2D eigenvalue weighted by molar-refractivity contribution is 6.73. The summed E-state index contributed by atoms with van der Waals surface area (Å²) in [6.45, 7) is 4.05. The second kappa shape index (κ2) is 4.54. The molecule has 0 amide bonds. The molecule has 0 heterocycles. The average Bonchev–Trinajstić information content (AvgIpc) is 2.28. The Balaban J connectivity index is 2.39. The first-order chi connectivity index (χ1) is 7.66. The molecule has 0 atom stereocenters. The van der Waals surface area contributed by atoms with Gasteiger partial charge in [0.15, 0.2) is 0 Å². The van der Waals surface area contributed by atoms with Gasteiger partial charge in [0, 0.05) is 10.4 Å². The molecule has 0 radical (unpaired) electrons. The van der Waals surface area contributed by atoms with E-state index in [1.807, 2.05) is 62.4 Å². The molecule has 0 bridgehead atoms. The predicted molar refractivity (Wildman–Crippen MR) is 68.1 cm³/mol. The van der Waals surface area contributed by atoms with Gasteiger partial charge in [-0.1, -0.05) is 59.7 Å². The van der Waals surface area contributed by atoms with Crippen molar-refractivity contribution in [3.05, 3.63) is 59.7 Å². The number of aryl methyl sites for hydroxylation is 2. The Morgan fingerprint density at radius 1 is 0.812 bits per heavy atom. The van der Waals surface area contributed by atoms with Crippen molar-refractivity contribution in [1.29, 1.82) is 0 Å². The summed E-state index contributed by atoms with van der Waals surface area (Å²) in [6, 6.07) is 15.9. The lowest BCUT2D eigenvalue weighted by Gasteiger charge is -2.01. The number of hydrogen-bond acceptors (Lipinski definition) is 1. The molecule has 0 spiro atoms. The summed E-state index contributed by atoms with van der Waals surface area (Å²) >= 11 is 0. The van der Waals surface area contributed by atoms with Crippen molar-refractivity contribution in [2.75, 3.05) is 0 Å². The molecular weight excluding hydrogens is 212 g/mol. The van der Waals surface area contributed by atoms with Crippen molar-refractivity contribution in [1.82, 2.24) is 0 Å². The fourth-order valence-corrected chi connectivity index (χ4v) is 3.29. The molecule has 0 N–H and O–H groups in total. The molecule has 0 fully saturated rings. The van der Waals surface area contributed by atoms with Crippen LogP contribution < -0.4 is 10.4 Å². The Kier molecular flexibility index (Phi) is 3.11. The van der Waals surface area contributed by atoms with Crippen LogP contribution in [-0.4, -0.2) is 8.68 Å². The second-order valence-electron chi connectivity index (χ2n) is 4.07. The van der Waals surface area contributed by atoms with Gasteiger partial charge < -0.3 is 4.46 Å². The van der Waals surface area contributed by atoms with Gasteiger partial charge in [-0.25, -0.2) is 0 Å². The van der Waals surface area contributed by atoms with Gasteiger partial charge in [0.05, 0.1) is 0 Å². The molecule has 2 heteroatoms. The molecule has 16 heavy (non-hydrogen) atoms. The highest BCUT2D eigenvalue weighted by Gasteiger charge is 2.11. The van der Waals surface area contributed by atoms with Crippen molar-refractivity contribution in [3.8, 4) is 0 Å². The predicted octanol–water partition coefficient (Wildman–Crippen LogP) is 1.84. The average molecular weight is 226 g/mol. The van der Waals surface area contributed by atoms with Crippen molar-refractivity contribution < 1.29 is 4.46 Å². The molecule has 0 saturated carbocycles. The number of benzene rings is 2. The van der Waals surface area contributed by atoms with E-state index < -0.39 is 8.68 Å². The summed E-state index contributed by atoms with van der Waals surface area (Å²) in [7, 11) is -1.84. The quantitative estimate of drug-likeness (QED) is 0.714. The maximum absolute atomic E-state index is 12.3. The number of rotatable bonds is 2. The highest BCUT2D eigenvalue weighted by atomic mass is 28.3. The van der Waals surface area contributed by atoms with E-state index in [0.717, 1.165) is 21.5 Å². The summed E-state index contributed by atoms with van der Waals surface area (Å²) in [5.41, 5.74) is 2.31. The first-order valence-corrected chi connectivity index (χ1v) is 6.76. The van der Waals surface area contributed by atoms with Crippen LogP contribution in [0.2, 0.25) is 0 Å². The SMILES string of the molecule is Cc1cccc([Si](=O)c2cccc(C)c2)c1. The van der Waals surface area contributed by atoms with Crippen LogP contribution in [0.15, 0.2) is 48.5 Å². The minimum atomic E-state index is -1.84. The van der Waals surface area contributed by atoms with Crippen molar-refractivity contribution in [2.24, 2.45) is 0 Å². The summed E-state index contributed by atoms with van der Waals surface area (Å²) in [5, 5.41) is 1.88. The fourth-order valence-electron chi connectivity index (χ4n) is 1.74. The third-order valence-corrected chi connectivity index (χ3v) is 4.23. The third kappa shape index (κ3) is 2.34. The van der Waals surface area contributed by atoms with Crippen LogP contribution >= 0.6 is 0 Å². The Morgan fingerprint density at radius 3 is 1.62 bits per heavy atom. The van der Waals surface area contributed by atoms with Crippen LogP contribution in [0.3, 0.4) is 0 Å². The van der Waals surface area contributed by atoms with E-state index in [0.29, 0.717) is 0 Å². The van der Waals surface area contributed by atoms with Crippen LogP contribution in [0.5, 0.6) is 0 Å². The zero-order chi connectivity index (χ0) is 11.5. The lowest BCUT2D eigenvalue weighted by atomic mass is 10.2. The Bertz CT molecular complexity index is 484. The minimum absolute atomic E-state index is 0.940. The van der Waals surface area contributed by atoms with Crippen molar-refractivity contribution >= 4 is 19.1 Å². The first-order valence-electron chi connectivity index (χ1n) is 5.35. The normalized spacial score (nSPS) is 10.1. The molecule has 2 aromatic rings. The largest absolute Gasteiger partial charge is 0.376 e. The summed E-state index contributed by atoms with van der Waals surface area (Å²) < 4.78 is 12.3. The topological polar surface area (TPSA) is 17.1 Å². The van der Waals surface area contributed by atoms with Gasteiger partial charge in [0.2, 0.25) is 0 Å². The van der Waals surface area contributed by atoms with E-state index >= 15 is 0 Å². The molecule has 2 rings (SSSR count). The van der Waals surface area contributed by atoms with Gasteiger partial charge >= 0.3 is 8.68 Å². The molecule has 0 aliphatic rings. The lowest BCUT2D eigenvalue weighted by molar-refractivity contribution is 0.575. The zero-order valence-electron chi connectivity index (χ0n) is 9.53. The maximum atomic E-state index is 12.3. The molecule has 0 aliphatic carbocycles. The van der Waals surface area contributed by atoms with E-state index in [2.05, 4.69) is 0 Å².